The number of amides is 2. The summed E-state index contributed by atoms with van der Waals surface area (Å²) in [6, 6.07) is 4.22. The maximum Gasteiger partial charge on any atom is 0.417 e. The number of aryl methyl sites for hydroxylation is 1. The highest BCUT2D eigenvalue weighted by molar-refractivity contribution is 6.31. The number of alkyl halides is 3. The van der Waals surface area contributed by atoms with Gasteiger partial charge in [0.05, 0.1) is 10.6 Å². The van der Waals surface area contributed by atoms with Gasteiger partial charge in [0.1, 0.15) is 23.8 Å². The molecular formula is C18H17ClF3N7O. The molecule has 2 heterocycles. The van der Waals surface area contributed by atoms with Crippen LogP contribution >= 0.6 is 11.6 Å². The van der Waals surface area contributed by atoms with Crippen LogP contribution in [0.5, 0.6) is 0 Å². The lowest BCUT2D eigenvalue weighted by Gasteiger charge is -2.12. The maximum atomic E-state index is 12.9. The van der Waals surface area contributed by atoms with Gasteiger partial charge in [0.15, 0.2) is 0 Å². The molecular weight excluding hydrogens is 423 g/mol. The number of hydrogen-bond acceptors (Lipinski definition) is 5. The molecule has 0 saturated carbocycles. The summed E-state index contributed by atoms with van der Waals surface area (Å²) in [4.78, 5) is 24.3. The number of halogens is 4. The summed E-state index contributed by atoms with van der Waals surface area (Å²) in [7, 11) is 0. The van der Waals surface area contributed by atoms with E-state index < -0.39 is 22.8 Å². The van der Waals surface area contributed by atoms with Gasteiger partial charge in [-0.05, 0) is 25.1 Å². The van der Waals surface area contributed by atoms with Crippen molar-refractivity contribution in [3.63, 3.8) is 0 Å². The number of nitrogens with one attached hydrogen (secondary N) is 3. The minimum atomic E-state index is -4.61. The molecule has 3 aromatic rings. The number of imidazole rings is 1. The molecule has 0 aliphatic carbocycles. The van der Waals surface area contributed by atoms with Crippen LogP contribution in [0.2, 0.25) is 5.02 Å². The molecule has 3 N–H and O–H groups in total. The van der Waals surface area contributed by atoms with E-state index in [2.05, 4.69) is 30.9 Å². The van der Waals surface area contributed by atoms with E-state index >= 15 is 0 Å². The summed E-state index contributed by atoms with van der Waals surface area (Å²) in [6.45, 7) is 2.38. The Morgan fingerprint density at radius 1 is 1.17 bits per heavy atom. The highest BCUT2D eigenvalue weighted by Crippen LogP contribution is 2.36. The highest BCUT2D eigenvalue weighted by atomic mass is 35.5. The summed E-state index contributed by atoms with van der Waals surface area (Å²) in [5.74, 6) is 1.95. The first-order valence-electron chi connectivity index (χ1n) is 8.72. The summed E-state index contributed by atoms with van der Waals surface area (Å²) < 4.78 is 40.4. The van der Waals surface area contributed by atoms with E-state index in [-0.39, 0.29) is 12.2 Å². The summed E-state index contributed by atoms with van der Waals surface area (Å²) in [5, 5.41) is 7.47. The van der Waals surface area contributed by atoms with Crippen LogP contribution in [0.25, 0.3) is 5.82 Å². The van der Waals surface area contributed by atoms with E-state index in [9.17, 15) is 18.0 Å². The molecule has 0 aliphatic rings. The minimum absolute atomic E-state index is 0.0201. The van der Waals surface area contributed by atoms with Gasteiger partial charge in [-0.3, -0.25) is 4.57 Å². The van der Waals surface area contributed by atoms with E-state index in [1.165, 1.54) is 12.4 Å². The van der Waals surface area contributed by atoms with Crippen LogP contribution in [0.4, 0.5) is 29.5 Å². The van der Waals surface area contributed by atoms with E-state index in [1.54, 1.807) is 23.0 Å². The Morgan fingerprint density at radius 3 is 2.67 bits per heavy atom. The number of anilines is 2. The van der Waals surface area contributed by atoms with Crippen molar-refractivity contribution in [2.45, 2.75) is 13.1 Å². The van der Waals surface area contributed by atoms with Gasteiger partial charge < -0.3 is 16.0 Å². The number of aromatic nitrogens is 4. The van der Waals surface area contributed by atoms with E-state index in [0.717, 1.165) is 18.0 Å². The number of carbonyl (C=O) groups excluding carboxylic acids is 1. The van der Waals surface area contributed by atoms with Crippen LogP contribution in [0.15, 0.2) is 43.0 Å². The van der Waals surface area contributed by atoms with Gasteiger partial charge >= 0.3 is 12.2 Å². The molecule has 30 heavy (non-hydrogen) atoms. The first kappa shape index (κ1) is 21.4. The fraction of sp³-hybridized carbons (Fsp3) is 0.222. The van der Waals surface area contributed by atoms with Crippen molar-refractivity contribution in [1.82, 2.24) is 24.8 Å². The molecule has 158 valence electrons. The zero-order valence-corrected chi connectivity index (χ0v) is 16.4. The number of rotatable bonds is 6. The van der Waals surface area contributed by atoms with Gasteiger partial charge in [0.25, 0.3) is 0 Å². The molecule has 8 nitrogen and oxygen atoms in total. The molecule has 1 aromatic carbocycles. The predicted molar refractivity (Wildman–Crippen MR) is 106 cm³/mol. The molecule has 0 bridgehead atoms. The van der Waals surface area contributed by atoms with Crippen molar-refractivity contribution in [3.8, 4) is 5.82 Å². The summed E-state index contributed by atoms with van der Waals surface area (Å²) >= 11 is 5.56. The fourth-order valence-electron chi connectivity index (χ4n) is 2.56. The maximum absolute atomic E-state index is 12.9. The van der Waals surface area contributed by atoms with Crippen LogP contribution in [0.3, 0.4) is 0 Å². The van der Waals surface area contributed by atoms with Crippen LogP contribution in [0, 0.1) is 6.92 Å². The van der Waals surface area contributed by atoms with Crippen LogP contribution in [-0.2, 0) is 6.18 Å². The van der Waals surface area contributed by atoms with Gasteiger partial charge in [-0.25, -0.2) is 19.7 Å². The van der Waals surface area contributed by atoms with Crippen LogP contribution in [0.1, 0.15) is 11.4 Å². The van der Waals surface area contributed by atoms with Crippen LogP contribution < -0.4 is 16.0 Å². The second kappa shape index (κ2) is 8.99. The molecule has 2 amide bonds. The monoisotopic (exact) mass is 439 g/mol. The minimum Gasteiger partial charge on any atom is -0.368 e. The molecule has 12 heteroatoms. The Kier molecular flexibility index (Phi) is 6.40. The first-order valence-corrected chi connectivity index (χ1v) is 9.09. The Labute approximate surface area is 174 Å². The lowest BCUT2D eigenvalue weighted by atomic mass is 10.2. The van der Waals surface area contributed by atoms with E-state index in [0.29, 0.717) is 18.2 Å². The molecule has 0 radical (unpaired) electrons. The molecule has 0 fully saturated rings. The third-order valence-electron chi connectivity index (χ3n) is 3.97. The van der Waals surface area contributed by atoms with E-state index in [1.807, 2.05) is 6.92 Å². The smallest absolute Gasteiger partial charge is 0.368 e. The standard InChI is InChI=1S/C18H17ClF3N7O/c1-11-23-6-7-29(11)16-9-15(26-10-27-16)24-4-5-25-17(30)28-12-2-3-14(19)13(8-12)18(20,21)22/h2-3,6-10H,4-5H2,1H3,(H,24,26,27)(H2,25,28,30). The molecule has 0 unspecified atom stereocenters. The largest absolute Gasteiger partial charge is 0.417 e. The Morgan fingerprint density at radius 2 is 1.97 bits per heavy atom. The third kappa shape index (κ3) is 5.38. The number of urea groups is 1. The zero-order valence-electron chi connectivity index (χ0n) is 15.7. The molecule has 0 spiro atoms. The van der Waals surface area contributed by atoms with Gasteiger partial charge in [-0.15, -0.1) is 0 Å². The van der Waals surface area contributed by atoms with Gasteiger partial charge in [0, 0.05) is 37.2 Å². The van der Waals surface area contributed by atoms with Crippen molar-refractivity contribution in [1.29, 1.82) is 0 Å². The SMILES string of the molecule is Cc1nccn1-c1cc(NCCNC(=O)Nc2ccc(Cl)c(C(F)(F)F)c2)ncn1. The average molecular weight is 440 g/mol. The van der Waals surface area contributed by atoms with Gasteiger partial charge in [0.2, 0.25) is 0 Å². The number of benzene rings is 1. The summed E-state index contributed by atoms with van der Waals surface area (Å²) in [5.41, 5.74) is -1.04. The molecule has 0 saturated heterocycles. The Balaban J connectivity index is 1.49. The predicted octanol–water partition coefficient (Wildman–Crippen LogP) is 3.88. The van der Waals surface area contributed by atoms with Crippen molar-refractivity contribution in [2.75, 3.05) is 23.7 Å². The van der Waals surface area contributed by atoms with Crippen molar-refractivity contribution < 1.29 is 18.0 Å². The zero-order chi connectivity index (χ0) is 21.7. The highest BCUT2D eigenvalue weighted by Gasteiger charge is 2.33. The van der Waals surface area contributed by atoms with Gasteiger partial charge in [-0.2, -0.15) is 13.2 Å². The number of carbonyl (C=O) groups is 1. The second-order valence-corrected chi connectivity index (χ2v) is 6.51. The van der Waals surface area contributed by atoms with Gasteiger partial charge in [-0.1, -0.05) is 11.6 Å². The second-order valence-electron chi connectivity index (χ2n) is 6.11. The molecule has 3 rings (SSSR count). The van der Waals surface area contributed by atoms with Crippen molar-refractivity contribution in [2.24, 2.45) is 0 Å². The molecule has 0 atom stereocenters. The third-order valence-corrected chi connectivity index (χ3v) is 4.30. The average Bonchev–Trinajstić information content (AvgIpc) is 3.12. The lowest BCUT2D eigenvalue weighted by molar-refractivity contribution is -0.137. The topological polar surface area (TPSA) is 96.8 Å². The number of nitrogens with zero attached hydrogens (tertiary/aromatic N) is 4. The molecule has 0 aliphatic heterocycles. The summed E-state index contributed by atoms with van der Waals surface area (Å²) in [6.07, 6.45) is 0.219. The van der Waals surface area contributed by atoms with Crippen molar-refractivity contribution >= 4 is 29.1 Å². The normalized spacial score (nSPS) is 11.2. The van der Waals surface area contributed by atoms with E-state index in [4.69, 9.17) is 11.6 Å². The first-order chi connectivity index (χ1) is 14.2. The number of hydrogen-bond donors (Lipinski definition) is 3. The fourth-order valence-corrected chi connectivity index (χ4v) is 2.78. The lowest BCUT2D eigenvalue weighted by Crippen LogP contribution is -2.32. The Hall–Kier alpha value is -3.34. The quantitative estimate of drug-likeness (QED) is 0.506. The van der Waals surface area contributed by atoms with Crippen molar-refractivity contribution in [3.05, 3.63) is 59.4 Å². The molecule has 2 aromatic heterocycles. The Bertz CT molecular complexity index is 1040. The van der Waals surface area contributed by atoms with Crippen LogP contribution in [-0.4, -0.2) is 38.6 Å².